The number of amides is 1. The molecule has 0 bridgehead atoms. The van der Waals surface area contributed by atoms with Gasteiger partial charge in [0.1, 0.15) is 17.4 Å². The van der Waals surface area contributed by atoms with Crippen molar-refractivity contribution < 1.29 is 9.53 Å². The maximum absolute atomic E-state index is 13.5. The number of para-hydroxylation sites is 1. The number of carbonyl (C=O) groups excluding carboxylic acids is 1. The van der Waals surface area contributed by atoms with E-state index < -0.39 is 0 Å². The lowest BCUT2D eigenvalue weighted by atomic mass is 9.79. The molecule has 2 heterocycles. The molecule has 0 radical (unpaired) electrons. The first-order valence-electron chi connectivity index (χ1n) is 12.0. The number of aromatic nitrogens is 1. The third-order valence-electron chi connectivity index (χ3n) is 6.53. The Kier molecular flexibility index (Phi) is 6.22. The second kappa shape index (κ2) is 8.81. The van der Waals surface area contributed by atoms with E-state index >= 15 is 0 Å². The number of ether oxygens (including phenoxy) is 1. The Hall–Kier alpha value is -2.88. The summed E-state index contributed by atoms with van der Waals surface area (Å²) in [5, 5.41) is 1.08. The van der Waals surface area contributed by atoms with E-state index in [1.54, 1.807) is 6.20 Å². The number of hydrogen-bond acceptors (Lipinski definition) is 3. The summed E-state index contributed by atoms with van der Waals surface area (Å²) in [6, 6.07) is 16.5. The molecule has 1 amide bonds. The summed E-state index contributed by atoms with van der Waals surface area (Å²) in [6.45, 7) is 14.6. The van der Waals surface area contributed by atoms with Gasteiger partial charge in [0.25, 0.3) is 5.91 Å². The van der Waals surface area contributed by atoms with E-state index in [2.05, 4.69) is 64.7 Å². The first-order chi connectivity index (χ1) is 15.5. The summed E-state index contributed by atoms with van der Waals surface area (Å²) in [6.07, 6.45) is 3.53. The summed E-state index contributed by atoms with van der Waals surface area (Å²) in [7, 11) is 0. The SMILES string of the molecule is CC(C)(C)c1cc(C(=O)N2CCC(Oc3cccc4cccnc34)CC2)cc(C(C)(C)C)c1. The van der Waals surface area contributed by atoms with Crippen molar-refractivity contribution in [1.29, 1.82) is 0 Å². The minimum atomic E-state index is -0.0103. The van der Waals surface area contributed by atoms with Gasteiger partial charge in [0, 0.05) is 43.1 Å². The third-order valence-corrected chi connectivity index (χ3v) is 6.53. The molecule has 1 aliphatic heterocycles. The van der Waals surface area contributed by atoms with Gasteiger partial charge in [-0.05, 0) is 46.2 Å². The van der Waals surface area contributed by atoms with Crippen LogP contribution in [0.4, 0.5) is 0 Å². The number of nitrogens with zero attached hydrogens (tertiary/aromatic N) is 2. The van der Waals surface area contributed by atoms with Crippen LogP contribution in [0.25, 0.3) is 10.9 Å². The van der Waals surface area contributed by atoms with Crippen molar-refractivity contribution in [2.24, 2.45) is 0 Å². The summed E-state index contributed by atoms with van der Waals surface area (Å²) in [5.41, 5.74) is 4.09. The molecule has 4 heteroatoms. The molecule has 4 rings (SSSR count). The molecule has 33 heavy (non-hydrogen) atoms. The summed E-state index contributed by atoms with van der Waals surface area (Å²) in [4.78, 5) is 20.0. The van der Waals surface area contributed by atoms with Crippen molar-refractivity contribution in [1.82, 2.24) is 9.88 Å². The highest BCUT2D eigenvalue weighted by Crippen LogP contribution is 2.31. The minimum Gasteiger partial charge on any atom is -0.488 e. The quantitative estimate of drug-likeness (QED) is 0.462. The van der Waals surface area contributed by atoms with Gasteiger partial charge in [0.15, 0.2) is 0 Å². The second-order valence-electron chi connectivity index (χ2n) is 11.2. The monoisotopic (exact) mass is 444 g/mol. The molecule has 1 aliphatic rings. The van der Waals surface area contributed by atoms with Gasteiger partial charge >= 0.3 is 0 Å². The standard InChI is InChI=1S/C29H36N2O2/c1-28(2,3)22-17-21(18-23(19-22)29(4,5)6)27(32)31-15-12-24(13-16-31)33-25-11-7-9-20-10-8-14-30-26(20)25/h7-11,14,17-19,24H,12-13,15-16H2,1-6H3. The largest absolute Gasteiger partial charge is 0.488 e. The molecule has 3 aromatic rings. The highest BCUT2D eigenvalue weighted by molar-refractivity contribution is 5.95. The number of fused-ring (bicyclic) bond motifs is 1. The van der Waals surface area contributed by atoms with Crippen LogP contribution in [0.15, 0.2) is 54.7 Å². The van der Waals surface area contributed by atoms with E-state index in [-0.39, 0.29) is 22.8 Å². The highest BCUT2D eigenvalue weighted by atomic mass is 16.5. The highest BCUT2D eigenvalue weighted by Gasteiger charge is 2.28. The molecule has 174 valence electrons. The number of benzene rings is 2. The molecule has 0 atom stereocenters. The van der Waals surface area contributed by atoms with Crippen LogP contribution < -0.4 is 4.74 Å². The average Bonchev–Trinajstić information content (AvgIpc) is 2.78. The van der Waals surface area contributed by atoms with Crippen molar-refractivity contribution in [2.75, 3.05) is 13.1 Å². The Morgan fingerprint density at radius 2 is 1.52 bits per heavy atom. The van der Waals surface area contributed by atoms with Gasteiger partial charge in [-0.15, -0.1) is 0 Å². The Morgan fingerprint density at radius 1 is 0.909 bits per heavy atom. The number of hydrogen-bond donors (Lipinski definition) is 0. The molecule has 2 aromatic carbocycles. The topological polar surface area (TPSA) is 42.4 Å². The van der Waals surface area contributed by atoms with Crippen molar-refractivity contribution in [3.63, 3.8) is 0 Å². The number of rotatable bonds is 3. The number of carbonyl (C=O) groups is 1. The van der Waals surface area contributed by atoms with E-state index in [0.717, 1.165) is 35.1 Å². The lowest BCUT2D eigenvalue weighted by Crippen LogP contribution is -2.42. The molecule has 0 spiro atoms. The van der Waals surface area contributed by atoms with Crippen LogP contribution in [0.3, 0.4) is 0 Å². The molecule has 0 aliphatic carbocycles. The van der Waals surface area contributed by atoms with Crippen LogP contribution in [0, 0.1) is 0 Å². The summed E-state index contributed by atoms with van der Waals surface area (Å²) in [5.74, 6) is 0.947. The van der Waals surface area contributed by atoms with Gasteiger partial charge in [0.05, 0.1) is 0 Å². The van der Waals surface area contributed by atoms with Crippen LogP contribution >= 0.6 is 0 Å². The van der Waals surface area contributed by atoms with Crippen LogP contribution in [0.2, 0.25) is 0 Å². The predicted octanol–water partition coefficient (Wildman–Crippen LogP) is 6.51. The average molecular weight is 445 g/mol. The lowest BCUT2D eigenvalue weighted by Gasteiger charge is -2.33. The van der Waals surface area contributed by atoms with E-state index in [1.165, 1.54) is 11.1 Å². The van der Waals surface area contributed by atoms with E-state index in [9.17, 15) is 4.79 Å². The van der Waals surface area contributed by atoms with Crippen molar-refractivity contribution in [2.45, 2.75) is 71.3 Å². The van der Waals surface area contributed by atoms with Gasteiger partial charge < -0.3 is 9.64 Å². The Bertz CT molecular complexity index is 1110. The van der Waals surface area contributed by atoms with Crippen molar-refractivity contribution in [3.8, 4) is 5.75 Å². The van der Waals surface area contributed by atoms with Crippen LogP contribution in [0.1, 0.15) is 75.9 Å². The van der Waals surface area contributed by atoms with Crippen molar-refractivity contribution >= 4 is 16.8 Å². The van der Waals surface area contributed by atoms with Crippen LogP contribution in [0.5, 0.6) is 5.75 Å². The second-order valence-corrected chi connectivity index (χ2v) is 11.2. The van der Waals surface area contributed by atoms with Gasteiger partial charge in [-0.25, -0.2) is 0 Å². The zero-order valence-corrected chi connectivity index (χ0v) is 20.8. The Labute approximate surface area is 198 Å². The molecule has 0 N–H and O–H groups in total. The molecular formula is C29H36N2O2. The molecule has 1 fully saturated rings. The van der Waals surface area contributed by atoms with E-state index in [1.807, 2.05) is 35.2 Å². The maximum atomic E-state index is 13.5. The first-order valence-corrected chi connectivity index (χ1v) is 12.0. The number of piperidine rings is 1. The van der Waals surface area contributed by atoms with Gasteiger partial charge in [-0.1, -0.05) is 65.8 Å². The van der Waals surface area contributed by atoms with Gasteiger partial charge in [-0.2, -0.15) is 0 Å². The van der Waals surface area contributed by atoms with Crippen LogP contribution in [-0.2, 0) is 10.8 Å². The smallest absolute Gasteiger partial charge is 0.253 e. The number of likely N-dealkylation sites (tertiary alicyclic amines) is 1. The zero-order valence-electron chi connectivity index (χ0n) is 20.8. The first kappa shape index (κ1) is 23.3. The minimum absolute atomic E-state index is 0.0103. The molecule has 1 aromatic heterocycles. The molecule has 4 nitrogen and oxygen atoms in total. The lowest BCUT2D eigenvalue weighted by molar-refractivity contribution is 0.0597. The van der Waals surface area contributed by atoms with Gasteiger partial charge in [0.2, 0.25) is 0 Å². The van der Waals surface area contributed by atoms with Crippen molar-refractivity contribution in [3.05, 3.63) is 71.4 Å². The molecular weight excluding hydrogens is 408 g/mol. The third kappa shape index (κ3) is 5.21. The maximum Gasteiger partial charge on any atom is 0.253 e. The molecule has 0 unspecified atom stereocenters. The predicted molar refractivity (Wildman–Crippen MR) is 135 cm³/mol. The van der Waals surface area contributed by atoms with E-state index in [0.29, 0.717) is 13.1 Å². The fourth-order valence-corrected chi connectivity index (χ4v) is 4.33. The van der Waals surface area contributed by atoms with E-state index in [4.69, 9.17) is 4.74 Å². The van der Waals surface area contributed by atoms with Crippen LogP contribution in [-0.4, -0.2) is 35.0 Å². The Balaban J connectivity index is 1.48. The Morgan fingerprint density at radius 3 is 2.12 bits per heavy atom. The zero-order chi connectivity index (χ0) is 23.8. The molecule has 1 saturated heterocycles. The van der Waals surface area contributed by atoms with Gasteiger partial charge in [-0.3, -0.25) is 9.78 Å². The fraction of sp³-hybridized carbons (Fsp3) is 0.448. The summed E-state index contributed by atoms with van der Waals surface area (Å²) >= 11 is 0. The molecule has 0 saturated carbocycles. The normalized spacial score (nSPS) is 15.6. The number of pyridine rings is 1. The summed E-state index contributed by atoms with van der Waals surface area (Å²) < 4.78 is 6.33. The fourth-order valence-electron chi connectivity index (χ4n) is 4.33.